The van der Waals surface area contributed by atoms with Crippen molar-refractivity contribution in [3.8, 4) is 11.8 Å². The van der Waals surface area contributed by atoms with E-state index in [9.17, 15) is 0 Å². The average Bonchev–Trinajstić information content (AvgIpc) is 2.52. The summed E-state index contributed by atoms with van der Waals surface area (Å²) >= 11 is 2.30. The van der Waals surface area contributed by atoms with Crippen molar-refractivity contribution in [2.75, 3.05) is 0 Å². The minimum atomic E-state index is 0.780. The molecule has 0 bridgehead atoms. The van der Waals surface area contributed by atoms with Gasteiger partial charge in [0.05, 0.1) is 0 Å². The Kier molecular flexibility index (Phi) is 8.43. The van der Waals surface area contributed by atoms with Gasteiger partial charge >= 0.3 is 0 Å². The van der Waals surface area contributed by atoms with E-state index >= 15 is 0 Å². The summed E-state index contributed by atoms with van der Waals surface area (Å²) in [6.07, 6.45) is 9.08. The Hall–Kier alpha value is -1.79. The molecule has 0 saturated heterocycles. The molecular formula is C22H23I. The second-order valence-corrected chi connectivity index (χ2v) is 7.00. The van der Waals surface area contributed by atoms with Crippen molar-refractivity contribution in [3.63, 3.8) is 0 Å². The Morgan fingerprint density at radius 2 is 1.78 bits per heavy atom. The average molecular weight is 414 g/mol. The van der Waals surface area contributed by atoms with Gasteiger partial charge in [-0.05, 0) is 75.8 Å². The third-order valence-electron chi connectivity index (χ3n) is 3.21. The molecule has 0 nitrogen and oxygen atoms in total. The lowest BCUT2D eigenvalue weighted by Crippen LogP contribution is -1.83. The summed E-state index contributed by atoms with van der Waals surface area (Å²) in [6, 6.07) is 8.17. The first-order valence-electron chi connectivity index (χ1n) is 7.60. The van der Waals surface area contributed by atoms with Crippen LogP contribution in [0.2, 0.25) is 0 Å². The molecule has 0 amide bonds. The Morgan fingerprint density at radius 3 is 2.35 bits per heavy atom. The van der Waals surface area contributed by atoms with Crippen molar-refractivity contribution in [2.24, 2.45) is 0 Å². The minimum absolute atomic E-state index is 0.780. The molecule has 0 aliphatic carbocycles. The van der Waals surface area contributed by atoms with E-state index in [1.54, 1.807) is 0 Å². The van der Waals surface area contributed by atoms with Crippen LogP contribution in [-0.4, -0.2) is 0 Å². The van der Waals surface area contributed by atoms with E-state index in [0.717, 1.165) is 23.1 Å². The smallest absolute Gasteiger partial charge is 0.0249 e. The first-order chi connectivity index (χ1) is 10.9. The fourth-order valence-electron chi connectivity index (χ4n) is 1.81. The summed E-state index contributed by atoms with van der Waals surface area (Å²) in [4.78, 5) is 0. The van der Waals surface area contributed by atoms with Gasteiger partial charge in [-0.1, -0.05) is 67.8 Å². The highest BCUT2D eigenvalue weighted by atomic mass is 127. The van der Waals surface area contributed by atoms with Gasteiger partial charge in [-0.2, -0.15) is 0 Å². The molecule has 0 aliphatic heterocycles. The zero-order chi connectivity index (χ0) is 17.2. The standard InChI is InChI=1S/C22H23I/c1-6-22(16-12-20(5)23)19(4)11-7-17(2)8-13-21-14-9-18(3)10-15-21/h7,9-12,14-16H,2,4,6H2,1,3,5H3/b11-7-,20-12+,22-16+. The Labute approximate surface area is 154 Å². The first-order valence-corrected chi connectivity index (χ1v) is 8.68. The molecule has 0 fully saturated rings. The number of halogens is 1. The zero-order valence-corrected chi connectivity index (χ0v) is 16.3. The van der Waals surface area contributed by atoms with Crippen LogP contribution < -0.4 is 0 Å². The van der Waals surface area contributed by atoms with Crippen molar-refractivity contribution >= 4 is 22.6 Å². The molecule has 0 saturated carbocycles. The van der Waals surface area contributed by atoms with Crippen molar-refractivity contribution in [3.05, 3.63) is 93.2 Å². The molecule has 0 unspecified atom stereocenters. The number of benzene rings is 1. The van der Waals surface area contributed by atoms with E-state index in [0.29, 0.717) is 0 Å². The molecule has 0 N–H and O–H groups in total. The zero-order valence-electron chi connectivity index (χ0n) is 14.1. The molecule has 0 spiro atoms. The van der Waals surface area contributed by atoms with Crippen molar-refractivity contribution < 1.29 is 0 Å². The van der Waals surface area contributed by atoms with Gasteiger partial charge < -0.3 is 0 Å². The number of rotatable bonds is 5. The quantitative estimate of drug-likeness (QED) is 0.286. The van der Waals surface area contributed by atoms with Crippen LogP contribution in [-0.2, 0) is 0 Å². The summed E-state index contributed by atoms with van der Waals surface area (Å²) in [5, 5.41) is 0. The molecule has 1 heteroatoms. The third kappa shape index (κ3) is 7.85. The number of allylic oxidation sites excluding steroid dienone is 8. The Balaban J connectivity index is 2.75. The largest absolute Gasteiger partial charge is 0.0915 e. The summed E-state index contributed by atoms with van der Waals surface area (Å²) in [7, 11) is 0. The highest BCUT2D eigenvalue weighted by Gasteiger charge is 1.96. The number of hydrogen-bond acceptors (Lipinski definition) is 0. The van der Waals surface area contributed by atoms with Crippen LogP contribution in [0.3, 0.4) is 0 Å². The van der Waals surface area contributed by atoms with Crippen molar-refractivity contribution in [1.29, 1.82) is 0 Å². The molecule has 23 heavy (non-hydrogen) atoms. The Morgan fingerprint density at radius 1 is 1.13 bits per heavy atom. The highest BCUT2D eigenvalue weighted by Crippen LogP contribution is 2.16. The summed E-state index contributed by atoms with van der Waals surface area (Å²) in [6.45, 7) is 14.4. The van der Waals surface area contributed by atoms with Gasteiger partial charge in [-0.15, -0.1) is 0 Å². The van der Waals surface area contributed by atoms with Crippen LogP contribution in [0.1, 0.15) is 31.4 Å². The van der Waals surface area contributed by atoms with E-state index < -0.39 is 0 Å². The van der Waals surface area contributed by atoms with Crippen LogP contribution in [0.15, 0.2) is 82.0 Å². The van der Waals surface area contributed by atoms with Crippen LogP contribution in [0, 0.1) is 18.8 Å². The monoisotopic (exact) mass is 414 g/mol. The van der Waals surface area contributed by atoms with Gasteiger partial charge in [0.25, 0.3) is 0 Å². The van der Waals surface area contributed by atoms with Crippen LogP contribution in [0.4, 0.5) is 0 Å². The summed E-state index contributed by atoms with van der Waals surface area (Å²) in [5.74, 6) is 6.20. The maximum absolute atomic E-state index is 4.13. The molecule has 0 aliphatic rings. The number of hydrogen-bond donors (Lipinski definition) is 0. The first kappa shape index (κ1) is 19.3. The fraction of sp³-hybridized carbons (Fsp3) is 0.182. The molecule has 0 heterocycles. The lowest BCUT2D eigenvalue weighted by molar-refractivity contribution is 1.13. The van der Waals surface area contributed by atoms with Gasteiger partial charge in [0.1, 0.15) is 0 Å². The molecule has 0 radical (unpaired) electrons. The van der Waals surface area contributed by atoms with Gasteiger partial charge in [0.15, 0.2) is 0 Å². The maximum Gasteiger partial charge on any atom is 0.0249 e. The normalized spacial score (nSPS) is 12.0. The predicted molar refractivity (Wildman–Crippen MR) is 112 cm³/mol. The lowest BCUT2D eigenvalue weighted by Gasteiger charge is -2.02. The van der Waals surface area contributed by atoms with Crippen molar-refractivity contribution in [1.82, 2.24) is 0 Å². The maximum atomic E-state index is 4.13. The van der Waals surface area contributed by atoms with E-state index in [1.165, 1.54) is 14.7 Å². The van der Waals surface area contributed by atoms with Gasteiger partial charge in [-0.25, -0.2) is 0 Å². The van der Waals surface area contributed by atoms with Crippen LogP contribution in [0.25, 0.3) is 0 Å². The molecule has 1 aromatic rings. The second kappa shape index (κ2) is 10.1. The molecule has 1 rings (SSSR count). The van der Waals surface area contributed by atoms with E-state index in [2.05, 4.69) is 92.6 Å². The lowest BCUT2D eigenvalue weighted by atomic mass is 10.0. The van der Waals surface area contributed by atoms with Gasteiger partial charge in [0, 0.05) is 11.1 Å². The second-order valence-electron chi connectivity index (χ2n) is 5.30. The molecule has 118 valence electrons. The topological polar surface area (TPSA) is 0 Å². The predicted octanol–water partition coefficient (Wildman–Crippen LogP) is 6.69. The van der Waals surface area contributed by atoms with E-state index in [-0.39, 0.29) is 0 Å². The summed E-state index contributed by atoms with van der Waals surface area (Å²) in [5.41, 5.74) is 5.24. The SMILES string of the molecule is C=C(C#Cc1ccc(C)cc1)/C=C\C(=C)/C(=C/C=C(\C)I)CC. The summed E-state index contributed by atoms with van der Waals surface area (Å²) < 4.78 is 1.25. The molecule has 0 atom stereocenters. The third-order valence-corrected chi connectivity index (χ3v) is 3.57. The molecule has 1 aromatic carbocycles. The van der Waals surface area contributed by atoms with Crippen LogP contribution >= 0.6 is 22.6 Å². The molecular weight excluding hydrogens is 391 g/mol. The van der Waals surface area contributed by atoms with E-state index in [1.807, 2.05) is 24.3 Å². The van der Waals surface area contributed by atoms with Crippen molar-refractivity contribution in [2.45, 2.75) is 27.2 Å². The highest BCUT2D eigenvalue weighted by molar-refractivity contribution is 14.1. The minimum Gasteiger partial charge on any atom is -0.0915 e. The molecule has 0 aromatic heterocycles. The Bertz CT molecular complexity index is 709. The van der Waals surface area contributed by atoms with Crippen LogP contribution in [0.5, 0.6) is 0 Å². The van der Waals surface area contributed by atoms with E-state index in [4.69, 9.17) is 0 Å². The fourth-order valence-corrected chi connectivity index (χ4v) is 1.99. The van der Waals surface area contributed by atoms with Gasteiger partial charge in [0.2, 0.25) is 0 Å². The van der Waals surface area contributed by atoms with Gasteiger partial charge in [-0.3, -0.25) is 0 Å². The number of aryl methyl sites for hydroxylation is 1.